The van der Waals surface area contributed by atoms with Crippen LogP contribution >= 0.6 is 0 Å². The van der Waals surface area contributed by atoms with Crippen molar-refractivity contribution in [3.8, 4) is 5.75 Å². The van der Waals surface area contributed by atoms with Gasteiger partial charge in [-0.2, -0.15) is 0 Å². The molecule has 0 aromatic carbocycles. The van der Waals surface area contributed by atoms with Gasteiger partial charge in [0.2, 0.25) is 0 Å². The molecular weight excluding hydrogens is 230 g/mol. The van der Waals surface area contributed by atoms with E-state index in [1.54, 1.807) is 6.20 Å². The number of ether oxygens (including phenoxy) is 1. The zero-order chi connectivity index (χ0) is 12.8. The molecule has 1 aromatic rings. The summed E-state index contributed by atoms with van der Waals surface area (Å²) in [6.45, 7) is 1.47. The summed E-state index contributed by atoms with van der Waals surface area (Å²) in [4.78, 5) is 16.0. The number of pyridine rings is 1. The van der Waals surface area contributed by atoms with Crippen LogP contribution in [0.1, 0.15) is 25.0 Å². The van der Waals surface area contributed by atoms with Gasteiger partial charge < -0.3 is 15.4 Å². The normalized spacial score (nSPS) is 20.1. The Labute approximate surface area is 107 Å². The van der Waals surface area contributed by atoms with Gasteiger partial charge in [0.1, 0.15) is 5.75 Å². The standard InChI is InChI=1S/C13H19N3O2/c1-14-8-10-5-6-11(9-16-10)18-12-4-2-3-7-15-13(12)17/h5-6,9,12,14H,2-4,7-8H2,1H3,(H,15,17). The molecule has 1 aliphatic heterocycles. The van der Waals surface area contributed by atoms with Gasteiger partial charge in [-0.3, -0.25) is 9.78 Å². The molecule has 1 unspecified atom stereocenters. The number of aromatic nitrogens is 1. The fraction of sp³-hybridized carbons (Fsp3) is 0.538. The topological polar surface area (TPSA) is 63.2 Å². The Bertz CT molecular complexity index is 392. The average Bonchev–Trinajstić information content (AvgIpc) is 2.58. The highest BCUT2D eigenvalue weighted by atomic mass is 16.5. The van der Waals surface area contributed by atoms with Gasteiger partial charge in [0.15, 0.2) is 6.10 Å². The number of carbonyl (C=O) groups excluding carboxylic acids is 1. The summed E-state index contributed by atoms with van der Waals surface area (Å²) < 4.78 is 5.69. The zero-order valence-electron chi connectivity index (χ0n) is 10.6. The highest BCUT2D eigenvalue weighted by molar-refractivity contribution is 5.81. The minimum atomic E-state index is -0.385. The molecule has 1 aromatic heterocycles. The third kappa shape index (κ3) is 3.43. The van der Waals surface area contributed by atoms with Crippen LogP contribution in [0.25, 0.3) is 0 Å². The number of hydrogen-bond acceptors (Lipinski definition) is 4. The van der Waals surface area contributed by atoms with E-state index in [-0.39, 0.29) is 12.0 Å². The Morgan fingerprint density at radius 3 is 3.11 bits per heavy atom. The monoisotopic (exact) mass is 249 g/mol. The maximum absolute atomic E-state index is 11.7. The van der Waals surface area contributed by atoms with E-state index in [0.717, 1.165) is 38.0 Å². The van der Waals surface area contributed by atoms with Gasteiger partial charge in [-0.15, -0.1) is 0 Å². The number of nitrogens with one attached hydrogen (secondary N) is 2. The Hall–Kier alpha value is -1.62. The predicted octanol–water partition coefficient (Wildman–Crippen LogP) is 0.848. The van der Waals surface area contributed by atoms with Gasteiger partial charge >= 0.3 is 0 Å². The van der Waals surface area contributed by atoms with E-state index in [4.69, 9.17) is 4.74 Å². The van der Waals surface area contributed by atoms with Gasteiger partial charge in [0, 0.05) is 13.1 Å². The van der Waals surface area contributed by atoms with E-state index in [2.05, 4.69) is 15.6 Å². The SMILES string of the molecule is CNCc1ccc(OC2CCCCNC2=O)cn1. The molecule has 1 saturated heterocycles. The van der Waals surface area contributed by atoms with E-state index in [9.17, 15) is 4.79 Å². The molecular formula is C13H19N3O2. The molecule has 0 spiro atoms. The fourth-order valence-corrected chi connectivity index (χ4v) is 1.95. The molecule has 1 amide bonds. The van der Waals surface area contributed by atoms with Gasteiger partial charge in [0.05, 0.1) is 11.9 Å². The molecule has 1 atom stereocenters. The van der Waals surface area contributed by atoms with Crippen molar-refractivity contribution in [2.24, 2.45) is 0 Å². The fourth-order valence-electron chi connectivity index (χ4n) is 1.95. The van der Waals surface area contributed by atoms with Crippen molar-refractivity contribution < 1.29 is 9.53 Å². The van der Waals surface area contributed by atoms with Crippen LogP contribution in [0.4, 0.5) is 0 Å². The summed E-state index contributed by atoms with van der Waals surface area (Å²) >= 11 is 0. The first kappa shape index (κ1) is 12.8. The highest BCUT2D eigenvalue weighted by Crippen LogP contribution is 2.15. The number of rotatable bonds is 4. The molecule has 5 heteroatoms. The molecule has 2 heterocycles. The Balaban J connectivity index is 1.97. The van der Waals surface area contributed by atoms with Crippen molar-refractivity contribution in [3.05, 3.63) is 24.0 Å². The van der Waals surface area contributed by atoms with Crippen LogP contribution in [0.2, 0.25) is 0 Å². The average molecular weight is 249 g/mol. The van der Waals surface area contributed by atoms with Crippen LogP contribution in [-0.4, -0.2) is 30.6 Å². The minimum absolute atomic E-state index is 0.0215. The molecule has 0 bridgehead atoms. The molecule has 1 fully saturated rings. The van der Waals surface area contributed by atoms with Crippen LogP contribution in [0, 0.1) is 0 Å². The van der Waals surface area contributed by atoms with Crippen molar-refractivity contribution in [2.45, 2.75) is 31.9 Å². The summed E-state index contributed by atoms with van der Waals surface area (Å²) in [6.07, 6.45) is 4.08. The smallest absolute Gasteiger partial charge is 0.261 e. The highest BCUT2D eigenvalue weighted by Gasteiger charge is 2.22. The van der Waals surface area contributed by atoms with Gasteiger partial charge in [-0.1, -0.05) is 0 Å². The summed E-state index contributed by atoms with van der Waals surface area (Å²) in [5.41, 5.74) is 0.954. The van der Waals surface area contributed by atoms with E-state index >= 15 is 0 Å². The van der Waals surface area contributed by atoms with Crippen LogP contribution in [0.15, 0.2) is 18.3 Å². The number of amides is 1. The molecule has 0 saturated carbocycles. The summed E-state index contributed by atoms with van der Waals surface area (Å²) in [6, 6.07) is 3.76. The summed E-state index contributed by atoms with van der Waals surface area (Å²) in [5.74, 6) is 0.628. The molecule has 98 valence electrons. The first-order valence-electron chi connectivity index (χ1n) is 6.33. The molecule has 18 heavy (non-hydrogen) atoms. The van der Waals surface area contributed by atoms with Crippen LogP contribution in [0.3, 0.4) is 0 Å². The van der Waals surface area contributed by atoms with E-state index in [1.165, 1.54) is 0 Å². The molecule has 2 rings (SSSR count). The van der Waals surface area contributed by atoms with Gasteiger partial charge in [-0.25, -0.2) is 0 Å². The van der Waals surface area contributed by atoms with Gasteiger partial charge in [0.25, 0.3) is 5.91 Å². The molecule has 5 nitrogen and oxygen atoms in total. The Kier molecular flexibility index (Phi) is 4.52. The lowest BCUT2D eigenvalue weighted by Crippen LogP contribution is -2.36. The van der Waals surface area contributed by atoms with E-state index in [0.29, 0.717) is 5.75 Å². The van der Waals surface area contributed by atoms with Crippen molar-refractivity contribution in [1.29, 1.82) is 0 Å². The second-order valence-electron chi connectivity index (χ2n) is 4.41. The predicted molar refractivity (Wildman–Crippen MR) is 68.3 cm³/mol. The maximum atomic E-state index is 11.7. The van der Waals surface area contributed by atoms with Crippen molar-refractivity contribution in [1.82, 2.24) is 15.6 Å². The van der Waals surface area contributed by atoms with Crippen molar-refractivity contribution in [3.63, 3.8) is 0 Å². The van der Waals surface area contributed by atoms with E-state index < -0.39 is 0 Å². The number of nitrogens with zero attached hydrogens (tertiary/aromatic N) is 1. The lowest BCUT2D eigenvalue weighted by atomic mass is 10.2. The zero-order valence-corrected chi connectivity index (χ0v) is 10.6. The lowest BCUT2D eigenvalue weighted by Gasteiger charge is -2.15. The summed E-state index contributed by atoms with van der Waals surface area (Å²) in [7, 11) is 1.88. The quantitative estimate of drug-likeness (QED) is 0.830. The Morgan fingerprint density at radius 2 is 2.39 bits per heavy atom. The van der Waals surface area contributed by atoms with E-state index in [1.807, 2.05) is 19.2 Å². The third-order valence-corrected chi connectivity index (χ3v) is 2.92. The van der Waals surface area contributed by atoms with Crippen molar-refractivity contribution in [2.75, 3.05) is 13.6 Å². The Morgan fingerprint density at radius 1 is 1.50 bits per heavy atom. The van der Waals surface area contributed by atoms with Gasteiger partial charge in [-0.05, 0) is 38.4 Å². The van der Waals surface area contributed by atoms with Crippen LogP contribution < -0.4 is 15.4 Å². The second-order valence-corrected chi connectivity index (χ2v) is 4.41. The largest absolute Gasteiger partial charge is 0.479 e. The third-order valence-electron chi connectivity index (χ3n) is 2.92. The molecule has 2 N–H and O–H groups in total. The lowest BCUT2D eigenvalue weighted by molar-refractivity contribution is -0.127. The summed E-state index contributed by atoms with van der Waals surface area (Å²) in [5, 5.41) is 5.88. The molecule has 0 aliphatic carbocycles. The van der Waals surface area contributed by atoms with Crippen LogP contribution in [-0.2, 0) is 11.3 Å². The first-order chi connectivity index (χ1) is 8.79. The minimum Gasteiger partial charge on any atom is -0.479 e. The first-order valence-corrected chi connectivity index (χ1v) is 6.33. The second kappa shape index (κ2) is 6.35. The maximum Gasteiger partial charge on any atom is 0.261 e. The number of hydrogen-bond donors (Lipinski definition) is 2. The number of carbonyl (C=O) groups is 1. The molecule has 1 aliphatic rings. The van der Waals surface area contributed by atoms with Crippen LogP contribution in [0.5, 0.6) is 5.75 Å². The molecule has 0 radical (unpaired) electrons. The van der Waals surface area contributed by atoms with Crippen molar-refractivity contribution >= 4 is 5.91 Å².